The number of hydrogen-bond acceptors (Lipinski definition) is 4. The number of rotatable bonds is 4. The van der Waals surface area contributed by atoms with Gasteiger partial charge in [-0.1, -0.05) is 6.92 Å². The molecule has 1 aromatic rings. The molecular formula is C17H28N2O2S. The standard InChI is InChI=1S/C17H28N2O2S/c1-16(2,3)21-15(20)19-11-17(4,10-18)14-9-12-7-5-6-8-13(12)22-14/h9H,5-8,10-11,18H2,1-4H3,(H,19,20). The topological polar surface area (TPSA) is 64.3 Å². The van der Waals surface area contributed by atoms with Crippen LogP contribution in [0.5, 0.6) is 0 Å². The van der Waals surface area contributed by atoms with E-state index < -0.39 is 5.60 Å². The molecule has 0 radical (unpaired) electrons. The van der Waals surface area contributed by atoms with E-state index in [1.807, 2.05) is 32.1 Å². The predicted octanol–water partition coefficient (Wildman–Crippen LogP) is 3.37. The molecule has 1 amide bonds. The van der Waals surface area contributed by atoms with Crippen molar-refractivity contribution in [3.8, 4) is 0 Å². The summed E-state index contributed by atoms with van der Waals surface area (Å²) in [5.41, 5.74) is 6.78. The van der Waals surface area contributed by atoms with Crippen LogP contribution in [-0.2, 0) is 23.0 Å². The number of hydrogen-bond donors (Lipinski definition) is 2. The van der Waals surface area contributed by atoms with Crippen LogP contribution in [0.3, 0.4) is 0 Å². The second kappa shape index (κ2) is 6.59. The summed E-state index contributed by atoms with van der Waals surface area (Å²) in [6.07, 6.45) is 4.53. The Labute approximate surface area is 137 Å². The van der Waals surface area contributed by atoms with Crippen molar-refractivity contribution in [2.75, 3.05) is 13.1 Å². The number of amides is 1. The number of carbonyl (C=O) groups excluding carboxylic acids is 1. The highest BCUT2D eigenvalue weighted by Crippen LogP contribution is 2.36. The molecule has 0 fully saturated rings. The minimum absolute atomic E-state index is 0.237. The highest BCUT2D eigenvalue weighted by atomic mass is 32.1. The molecule has 1 aliphatic rings. The number of thiophene rings is 1. The number of alkyl carbamates (subject to hydrolysis) is 1. The van der Waals surface area contributed by atoms with Gasteiger partial charge in [-0.25, -0.2) is 4.79 Å². The maximum Gasteiger partial charge on any atom is 0.407 e. The summed E-state index contributed by atoms with van der Waals surface area (Å²) in [4.78, 5) is 14.7. The molecule has 0 aliphatic heterocycles. The third-order valence-electron chi connectivity index (χ3n) is 4.06. The third-order valence-corrected chi connectivity index (χ3v) is 5.61. The zero-order chi connectivity index (χ0) is 16.4. The highest BCUT2D eigenvalue weighted by Gasteiger charge is 2.30. The predicted molar refractivity (Wildman–Crippen MR) is 91.6 cm³/mol. The van der Waals surface area contributed by atoms with Gasteiger partial charge in [-0.3, -0.25) is 0 Å². The van der Waals surface area contributed by atoms with Gasteiger partial charge in [0.15, 0.2) is 0 Å². The number of fused-ring (bicyclic) bond motifs is 1. The van der Waals surface area contributed by atoms with Crippen molar-refractivity contribution >= 4 is 17.4 Å². The molecule has 1 aromatic heterocycles. The summed E-state index contributed by atoms with van der Waals surface area (Å²) in [6, 6.07) is 2.29. The van der Waals surface area contributed by atoms with E-state index in [2.05, 4.69) is 18.3 Å². The molecule has 2 rings (SSSR count). The first-order valence-electron chi connectivity index (χ1n) is 8.02. The van der Waals surface area contributed by atoms with Gasteiger partial charge in [0.1, 0.15) is 5.60 Å². The summed E-state index contributed by atoms with van der Waals surface area (Å²) >= 11 is 1.86. The SMILES string of the molecule is CC(C)(C)OC(=O)NCC(C)(CN)c1cc2c(s1)CCCC2. The van der Waals surface area contributed by atoms with Gasteiger partial charge in [-0.15, -0.1) is 11.3 Å². The average molecular weight is 324 g/mol. The number of nitrogens with two attached hydrogens (primary N) is 1. The first-order chi connectivity index (χ1) is 10.2. The van der Waals surface area contributed by atoms with Crippen molar-refractivity contribution in [1.29, 1.82) is 0 Å². The quantitative estimate of drug-likeness (QED) is 0.892. The van der Waals surface area contributed by atoms with Crippen LogP contribution in [0.4, 0.5) is 4.79 Å². The van der Waals surface area contributed by atoms with Gasteiger partial charge in [0.05, 0.1) is 0 Å². The lowest BCUT2D eigenvalue weighted by Crippen LogP contribution is -2.44. The minimum atomic E-state index is -0.481. The molecular weight excluding hydrogens is 296 g/mol. The summed E-state index contributed by atoms with van der Waals surface area (Å²) in [7, 11) is 0. The van der Waals surface area contributed by atoms with Gasteiger partial charge in [0.25, 0.3) is 0 Å². The molecule has 3 N–H and O–H groups in total. The summed E-state index contributed by atoms with van der Waals surface area (Å²) in [5.74, 6) is 0. The summed E-state index contributed by atoms with van der Waals surface area (Å²) in [6.45, 7) is 8.70. The first kappa shape index (κ1) is 17.3. The lowest BCUT2D eigenvalue weighted by Gasteiger charge is -2.28. The van der Waals surface area contributed by atoms with Crippen LogP contribution in [0.15, 0.2) is 6.07 Å². The number of carbonyl (C=O) groups is 1. The smallest absolute Gasteiger partial charge is 0.407 e. The Morgan fingerprint density at radius 2 is 2.00 bits per heavy atom. The second-order valence-electron chi connectivity index (χ2n) is 7.39. The largest absolute Gasteiger partial charge is 0.444 e. The van der Waals surface area contributed by atoms with Crippen LogP contribution in [0.25, 0.3) is 0 Å². The molecule has 0 spiro atoms. The Hall–Kier alpha value is -1.07. The van der Waals surface area contributed by atoms with Crippen LogP contribution in [0.1, 0.15) is 55.9 Å². The third kappa shape index (κ3) is 4.23. The minimum Gasteiger partial charge on any atom is -0.444 e. The Bertz CT molecular complexity index is 510. The molecule has 1 unspecified atom stereocenters. The molecule has 0 saturated carbocycles. The van der Waals surface area contributed by atoms with Crippen molar-refractivity contribution in [2.24, 2.45) is 5.73 Å². The second-order valence-corrected chi connectivity index (χ2v) is 8.52. The van der Waals surface area contributed by atoms with E-state index >= 15 is 0 Å². The van der Waals surface area contributed by atoms with Gasteiger partial charge in [0.2, 0.25) is 0 Å². The van der Waals surface area contributed by atoms with E-state index in [1.165, 1.54) is 41.0 Å². The van der Waals surface area contributed by atoms with Crippen LogP contribution >= 0.6 is 11.3 Å². The molecule has 0 bridgehead atoms. The number of nitrogens with one attached hydrogen (secondary N) is 1. The zero-order valence-electron chi connectivity index (χ0n) is 14.1. The number of ether oxygens (including phenoxy) is 1. The monoisotopic (exact) mass is 324 g/mol. The van der Waals surface area contributed by atoms with E-state index in [-0.39, 0.29) is 11.5 Å². The van der Waals surface area contributed by atoms with Crippen molar-refractivity contribution < 1.29 is 9.53 Å². The van der Waals surface area contributed by atoms with Crippen molar-refractivity contribution in [2.45, 2.75) is 64.4 Å². The Morgan fingerprint density at radius 1 is 1.32 bits per heavy atom. The van der Waals surface area contributed by atoms with Crippen molar-refractivity contribution in [3.05, 3.63) is 21.4 Å². The van der Waals surface area contributed by atoms with E-state index in [1.54, 1.807) is 0 Å². The maximum absolute atomic E-state index is 11.9. The Balaban J connectivity index is 2.05. The highest BCUT2D eigenvalue weighted by molar-refractivity contribution is 7.12. The molecule has 0 saturated heterocycles. The molecule has 1 heterocycles. The van der Waals surface area contributed by atoms with E-state index in [0.717, 1.165) is 0 Å². The molecule has 124 valence electrons. The lowest BCUT2D eigenvalue weighted by molar-refractivity contribution is 0.0517. The van der Waals surface area contributed by atoms with E-state index in [0.29, 0.717) is 13.1 Å². The van der Waals surface area contributed by atoms with E-state index in [4.69, 9.17) is 10.5 Å². The van der Waals surface area contributed by atoms with Crippen LogP contribution < -0.4 is 11.1 Å². The van der Waals surface area contributed by atoms with Crippen molar-refractivity contribution in [3.63, 3.8) is 0 Å². The molecule has 1 atom stereocenters. The molecule has 0 aromatic carbocycles. The number of aryl methyl sites for hydroxylation is 2. The molecule has 4 nitrogen and oxygen atoms in total. The van der Waals surface area contributed by atoms with Gasteiger partial charge >= 0.3 is 6.09 Å². The van der Waals surface area contributed by atoms with Gasteiger partial charge in [-0.05, 0) is 58.1 Å². The van der Waals surface area contributed by atoms with E-state index in [9.17, 15) is 4.79 Å². The first-order valence-corrected chi connectivity index (χ1v) is 8.84. The van der Waals surface area contributed by atoms with Gasteiger partial charge < -0.3 is 15.8 Å². The lowest BCUT2D eigenvalue weighted by atomic mass is 9.87. The Kier molecular flexibility index (Phi) is 5.17. The van der Waals surface area contributed by atoms with Crippen molar-refractivity contribution in [1.82, 2.24) is 5.32 Å². The van der Waals surface area contributed by atoms with Crippen LogP contribution in [0.2, 0.25) is 0 Å². The van der Waals surface area contributed by atoms with Gasteiger partial charge in [-0.2, -0.15) is 0 Å². The zero-order valence-corrected chi connectivity index (χ0v) is 14.9. The molecule has 5 heteroatoms. The fraction of sp³-hybridized carbons (Fsp3) is 0.706. The average Bonchev–Trinajstić information content (AvgIpc) is 2.87. The van der Waals surface area contributed by atoms with Gasteiger partial charge in [0, 0.05) is 28.3 Å². The van der Waals surface area contributed by atoms with Crippen LogP contribution in [-0.4, -0.2) is 24.8 Å². The normalized spacial score (nSPS) is 17.5. The maximum atomic E-state index is 11.9. The molecule has 1 aliphatic carbocycles. The van der Waals surface area contributed by atoms with Crippen LogP contribution in [0, 0.1) is 0 Å². The summed E-state index contributed by atoms with van der Waals surface area (Å²) in [5, 5.41) is 2.88. The Morgan fingerprint density at radius 3 is 2.59 bits per heavy atom. The fourth-order valence-electron chi connectivity index (χ4n) is 2.63. The molecule has 22 heavy (non-hydrogen) atoms. The fourth-order valence-corrected chi connectivity index (χ4v) is 4.04. The summed E-state index contributed by atoms with van der Waals surface area (Å²) < 4.78 is 5.31.